The van der Waals surface area contributed by atoms with Crippen molar-refractivity contribution in [3.05, 3.63) is 94.6 Å². The van der Waals surface area contributed by atoms with Crippen LogP contribution in [0.1, 0.15) is 11.6 Å². The molecule has 1 atom stereocenters. The first-order chi connectivity index (χ1) is 15.8. The average Bonchev–Trinajstić information content (AvgIpc) is 3.21. The fraction of sp³-hybridized carbons (Fsp3) is 0.136. The zero-order valence-corrected chi connectivity index (χ0v) is 18.2. The molecule has 1 N–H and O–H groups in total. The molecule has 0 fully saturated rings. The fourth-order valence-corrected chi connectivity index (χ4v) is 4.87. The molecule has 0 radical (unpaired) electrons. The van der Waals surface area contributed by atoms with Gasteiger partial charge in [-0.15, -0.1) is 0 Å². The lowest BCUT2D eigenvalue weighted by molar-refractivity contribution is -0.385. The van der Waals surface area contributed by atoms with Crippen LogP contribution in [0.3, 0.4) is 0 Å². The molecule has 0 spiro atoms. The van der Waals surface area contributed by atoms with Crippen LogP contribution in [-0.2, 0) is 16.6 Å². The molecule has 1 heterocycles. The Morgan fingerprint density at radius 2 is 1.88 bits per heavy atom. The highest BCUT2D eigenvalue weighted by Crippen LogP contribution is 2.30. The maximum Gasteiger partial charge on any atom is 0.273 e. The molecule has 0 amide bonds. The Hall–Kier alpha value is -3.83. The molecular weight excluding hydrogens is 451 g/mol. The summed E-state index contributed by atoms with van der Waals surface area (Å²) in [5.74, 6) is -0.617. The van der Waals surface area contributed by atoms with E-state index in [1.165, 1.54) is 31.4 Å². The fourth-order valence-electron chi connectivity index (χ4n) is 3.50. The largest absolute Gasteiger partial charge is 0.495 e. The normalized spacial score (nSPS) is 12.5. The molecule has 1 unspecified atom stereocenters. The van der Waals surface area contributed by atoms with Crippen molar-refractivity contribution in [1.29, 1.82) is 0 Å². The van der Waals surface area contributed by atoms with Crippen molar-refractivity contribution in [3.8, 4) is 5.75 Å². The zero-order valence-electron chi connectivity index (χ0n) is 17.4. The van der Waals surface area contributed by atoms with Gasteiger partial charge in [-0.3, -0.25) is 10.1 Å². The van der Waals surface area contributed by atoms with Crippen LogP contribution < -0.4 is 9.46 Å². The summed E-state index contributed by atoms with van der Waals surface area (Å²) in [7, 11) is -2.96. The van der Waals surface area contributed by atoms with Gasteiger partial charge in [-0.1, -0.05) is 24.3 Å². The van der Waals surface area contributed by atoms with Crippen LogP contribution in [-0.4, -0.2) is 30.0 Å². The Bertz CT molecular complexity index is 1420. The summed E-state index contributed by atoms with van der Waals surface area (Å²) in [4.78, 5) is 14.5. The number of para-hydroxylation sites is 2. The number of nitro benzene ring substituents is 1. The summed E-state index contributed by atoms with van der Waals surface area (Å²) in [5.41, 5.74) is 1.77. The van der Waals surface area contributed by atoms with E-state index < -0.39 is 26.8 Å². The number of fused-ring (bicyclic) bond motifs is 1. The highest BCUT2D eigenvalue weighted by atomic mass is 32.2. The van der Waals surface area contributed by atoms with E-state index >= 15 is 0 Å². The van der Waals surface area contributed by atoms with E-state index in [1.54, 1.807) is 10.9 Å². The van der Waals surface area contributed by atoms with E-state index in [0.29, 0.717) is 5.56 Å². The van der Waals surface area contributed by atoms with E-state index in [4.69, 9.17) is 4.74 Å². The van der Waals surface area contributed by atoms with Crippen molar-refractivity contribution in [2.75, 3.05) is 7.11 Å². The molecule has 9 nitrogen and oxygen atoms in total. The topological polar surface area (TPSA) is 116 Å². The smallest absolute Gasteiger partial charge is 0.273 e. The van der Waals surface area contributed by atoms with Crippen LogP contribution in [0.4, 0.5) is 10.1 Å². The highest BCUT2D eigenvalue weighted by molar-refractivity contribution is 7.89. The summed E-state index contributed by atoms with van der Waals surface area (Å²) in [6.45, 7) is 0.167. The van der Waals surface area contributed by atoms with E-state index in [0.717, 1.165) is 29.2 Å². The molecule has 0 saturated heterocycles. The zero-order chi connectivity index (χ0) is 23.6. The number of ether oxygens (including phenoxy) is 1. The highest BCUT2D eigenvalue weighted by Gasteiger charge is 2.27. The molecule has 3 aromatic carbocycles. The number of non-ortho nitro benzene ring substituents is 1. The van der Waals surface area contributed by atoms with Crippen LogP contribution in [0.15, 0.2) is 78.0 Å². The summed E-state index contributed by atoms with van der Waals surface area (Å²) in [6.07, 6.45) is 1.60. The van der Waals surface area contributed by atoms with Gasteiger partial charge in [0.15, 0.2) is 0 Å². The van der Waals surface area contributed by atoms with Gasteiger partial charge in [-0.2, -0.15) is 0 Å². The average molecular weight is 470 g/mol. The minimum Gasteiger partial charge on any atom is -0.495 e. The van der Waals surface area contributed by atoms with Crippen LogP contribution in [0.25, 0.3) is 11.0 Å². The van der Waals surface area contributed by atoms with Gasteiger partial charge in [0.2, 0.25) is 10.0 Å². The SMILES string of the molecule is COc1cc([N+](=O)[O-])ccc1S(=O)(=O)NC(Cn1cnc2ccccc21)c1ccc(F)cc1. The summed E-state index contributed by atoms with van der Waals surface area (Å²) >= 11 is 0. The predicted octanol–water partition coefficient (Wildman–Crippen LogP) is 3.81. The second kappa shape index (κ2) is 8.96. The molecule has 11 heteroatoms. The number of halogens is 1. The Morgan fingerprint density at radius 3 is 2.58 bits per heavy atom. The van der Waals surface area contributed by atoms with Gasteiger partial charge in [0, 0.05) is 12.6 Å². The molecule has 0 aliphatic heterocycles. The van der Waals surface area contributed by atoms with Gasteiger partial charge in [0.1, 0.15) is 16.5 Å². The van der Waals surface area contributed by atoms with Crippen molar-refractivity contribution in [2.45, 2.75) is 17.5 Å². The molecule has 4 rings (SSSR count). The lowest BCUT2D eigenvalue weighted by Gasteiger charge is -2.21. The standard InChI is InChI=1S/C22H19FN4O5S/c1-32-21-12-17(27(28)29)10-11-22(21)33(30,31)25-19(15-6-8-16(23)9-7-15)13-26-14-24-18-4-2-3-5-20(18)26/h2-12,14,19,25H,13H2,1H3. The molecule has 4 aromatic rings. The number of rotatable bonds is 8. The molecule has 170 valence electrons. The third kappa shape index (κ3) is 4.69. The van der Waals surface area contributed by atoms with Gasteiger partial charge in [-0.05, 0) is 35.9 Å². The van der Waals surface area contributed by atoms with E-state index in [-0.39, 0.29) is 22.9 Å². The lowest BCUT2D eigenvalue weighted by Crippen LogP contribution is -2.31. The number of benzene rings is 3. The molecule has 0 bridgehead atoms. The van der Waals surface area contributed by atoms with Gasteiger partial charge in [0.25, 0.3) is 5.69 Å². The molecule has 0 aliphatic rings. The number of nitrogens with zero attached hydrogens (tertiary/aromatic N) is 3. The van der Waals surface area contributed by atoms with Crippen LogP contribution in [0.2, 0.25) is 0 Å². The maximum atomic E-state index is 13.5. The number of aromatic nitrogens is 2. The maximum absolute atomic E-state index is 13.5. The van der Waals surface area contributed by atoms with Crippen molar-refractivity contribution >= 4 is 26.7 Å². The molecule has 0 aliphatic carbocycles. The Labute approximate surface area is 188 Å². The van der Waals surface area contributed by atoms with E-state index in [2.05, 4.69) is 9.71 Å². The van der Waals surface area contributed by atoms with Gasteiger partial charge in [-0.25, -0.2) is 22.5 Å². The predicted molar refractivity (Wildman–Crippen MR) is 119 cm³/mol. The number of nitro groups is 1. The number of hydrogen-bond acceptors (Lipinski definition) is 6. The van der Waals surface area contributed by atoms with Crippen molar-refractivity contribution in [3.63, 3.8) is 0 Å². The molecular formula is C22H19FN4O5S. The second-order valence-corrected chi connectivity index (χ2v) is 8.89. The second-order valence-electron chi connectivity index (χ2n) is 7.20. The minimum absolute atomic E-state index is 0.164. The number of imidazole rings is 1. The van der Waals surface area contributed by atoms with Gasteiger partial charge >= 0.3 is 0 Å². The number of sulfonamides is 1. The van der Waals surface area contributed by atoms with E-state index in [9.17, 15) is 22.9 Å². The van der Waals surface area contributed by atoms with Crippen molar-refractivity contribution < 1.29 is 22.5 Å². The quantitative estimate of drug-likeness (QED) is 0.309. The van der Waals surface area contributed by atoms with Crippen molar-refractivity contribution in [2.24, 2.45) is 0 Å². The Balaban J connectivity index is 1.73. The van der Waals surface area contributed by atoms with Gasteiger partial charge < -0.3 is 9.30 Å². The summed E-state index contributed by atoms with van der Waals surface area (Å²) < 4.78 is 49.6. The van der Waals surface area contributed by atoms with Gasteiger partial charge in [0.05, 0.1) is 41.5 Å². The summed E-state index contributed by atoms with van der Waals surface area (Å²) in [6, 6.07) is 15.3. The first-order valence-corrected chi connectivity index (χ1v) is 11.3. The van der Waals surface area contributed by atoms with Crippen molar-refractivity contribution in [1.82, 2.24) is 14.3 Å². The van der Waals surface area contributed by atoms with Crippen LogP contribution >= 0.6 is 0 Å². The Kier molecular flexibility index (Phi) is 6.07. The monoisotopic (exact) mass is 470 g/mol. The molecule has 1 aromatic heterocycles. The first-order valence-electron chi connectivity index (χ1n) is 9.78. The molecule has 0 saturated carbocycles. The Morgan fingerprint density at radius 1 is 1.15 bits per heavy atom. The third-order valence-electron chi connectivity index (χ3n) is 5.12. The number of methoxy groups -OCH3 is 1. The third-order valence-corrected chi connectivity index (χ3v) is 6.64. The van der Waals surface area contributed by atoms with Crippen LogP contribution in [0, 0.1) is 15.9 Å². The minimum atomic E-state index is -4.18. The van der Waals surface area contributed by atoms with Crippen LogP contribution in [0.5, 0.6) is 5.75 Å². The number of hydrogen-bond donors (Lipinski definition) is 1. The number of nitrogens with one attached hydrogen (secondary N) is 1. The first kappa shape index (κ1) is 22.4. The lowest BCUT2D eigenvalue weighted by atomic mass is 10.1. The molecule has 33 heavy (non-hydrogen) atoms. The summed E-state index contributed by atoms with van der Waals surface area (Å²) in [5, 5.41) is 11.1. The van der Waals surface area contributed by atoms with E-state index in [1.807, 2.05) is 24.3 Å².